The van der Waals surface area contributed by atoms with Crippen molar-refractivity contribution in [3.63, 3.8) is 0 Å². The Morgan fingerprint density at radius 3 is 2.32 bits per heavy atom. The van der Waals surface area contributed by atoms with Crippen molar-refractivity contribution in [1.29, 1.82) is 0 Å². The van der Waals surface area contributed by atoms with E-state index < -0.39 is 0 Å². The van der Waals surface area contributed by atoms with Crippen molar-refractivity contribution < 1.29 is 4.79 Å². The number of hydrogen-bond donors (Lipinski definition) is 0. The normalized spacial score (nSPS) is 15.4. The third-order valence-electron chi connectivity index (χ3n) is 4.43. The summed E-state index contributed by atoms with van der Waals surface area (Å²) in [4.78, 5) is 29.4. The second-order valence-corrected chi connectivity index (χ2v) is 6.97. The Hall–Kier alpha value is -1.82. The van der Waals surface area contributed by atoms with Crippen LogP contribution >= 0.6 is 23.2 Å². The summed E-state index contributed by atoms with van der Waals surface area (Å²) in [6.45, 7) is 3.09. The lowest BCUT2D eigenvalue weighted by Crippen LogP contribution is -2.48. The molecule has 1 aromatic heterocycles. The van der Waals surface area contributed by atoms with Crippen molar-refractivity contribution in [2.24, 2.45) is 0 Å². The third kappa shape index (κ3) is 3.89. The fourth-order valence-electron chi connectivity index (χ4n) is 2.86. The summed E-state index contributed by atoms with van der Waals surface area (Å²) in [5.74, 6) is -0.224. The van der Waals surface area contributed by atoms with Gasteiger partial charge < -0.3 is 14.4 Å². The minimum absolute atomic E-state index is 0.176. The first kappa shape index (κ1) is 18.0. The molecule has 1 aliphatic heterocycles. The first-order valence-electron chi connectivity index (χ1n) is 8.07. The summed E-state index contributed by atoms with van der Waals surface area (Å²) < 4.78 is 1.47. The molecule has 2 heterocycles. The number of benzene rings is 1. The zero-order valence-corrected chi connectivity index (χ0v) is 15.4. The van der Waals surface area contributed by atoms with Crippen molar-refractivity contribution in [2.45, 2.75) is 6.54 Å². The molecule has 1 amide bonds. The molecular formula is C18H19Cl2N3O2. The zero-order chi connectivity index (χ0) is 18.0. The predicted octanol–water partition coefficient (Wildman–Crippen LogP) is 2.59. The summed E-state index contributed by atoms with van der Waals surface area (Å²) >= 11 is 12.4. The van der Waals surface area contributed by atoms with Crippen LogP contribution in [-0.2, 0) is 6.54 Å². The van der Waals surface area contributed by atoms with E-state index in [2.05, 4.69) is 4.90 Å². The first-order chi connectivity index (χ1) is 12.0. The van der Waals surface area contributed by atoms with Gasteiger partial charge in [-0.3, -0.25) is 9.59 Å². The number of carbonyl (C=O) groups excluding carboxylic acids is 1. The van der Waals surface area contributed by atoms with Crippen LogP contribution < -0.4 is 5.56 Å². The Kier molecular flexibility index (Phi) is 5.47. The number of pyridine rings is 1. The van der Waals surface area contributed by atoms with Crippen LogP contribution in [0.3, 0.4) is 0 Å². The topological polar surface area (TPSA) is 45.5 Å². The van der Waals surface area contributed by atoms with E-state index in [-0.39, 0.29) is 23.6 Å². The SMILES string of the molecule is CN1CCN(C(=O)c2cccn(Cc3c(Cl)cccc3Cl)c2=O)CC1. The van der Waals surface area contributed by atoms with Crippen LogP contribution in [0.1, 0.15) is 15.9 Å². The molecule has 1 fully saturated rings. The van der Waals surface area contributed by atoms with Gasteiger partial charge in [0.15, 0.2) is 0 Å². The number of amides is 1. The van der Waals surface area contributed by atoms with E-state index in [1.165, 1.54) is 4.57 Å². The van der Waals surface area contributed by atoms with Crippen LogP contribution in [0.4, 0.5) is 0 Å². The van der Waals surface area contributed by atoms with Crippen LogP contribution in [0, 0.1) is 0 Å². The maximum atomic E-state index is 12.8. The number of aromatic nitrogens is 1. The quantitative estimate of drug-likeness (QED) is 0.823. The van der Waals surface area contributed by atoms with Gasteiger partial charge in [-0.25, -0.2) is 0 Å². The van der Waals surface area contributed by atoms with Crippen LogP contribution in [0.25, 0.3) is 0 Å². The van der Waals surface area contributed by atoms with Crippen LogP contribution in [0.15, 0.2) is 41.3 Å². The molecule has 132 valence electrons. The Labute approximate surface area is 156 Å². The van der Waals surface area contributed by atoms with Gasteiger partial charge in [-0.1, -0.05) is 29.3 Å². The summed E-state index contributed by atoms with van der Waals surface area (Å²) in [5.41, 5.74) is 0.509. The maximum absolute atomic E-state index is 12.8. The Morgan fingerprint density at radius 1 is 1.04 bits per heavy atom. The highest BCUT2D eigenvalue weighted by Crippen LogP contribution is 2.24. The third-order valence-corrected chi connectivity index (χ3v) is 5.14. The molecule has 5 nitrogen and oxygen atoms in total. The maximum Gasteiger partial charge on any atom is 0.263 e. The number of hydrogen-bond acceptors (Lipinski definition) is 3. The van der Waals surface area contributed by atoms with Gasteiger partial charge in [0.05, 0.1) is 6.54 Å². The fourth-order valence-corrected chi connectivity index (χ4v) is 3.37. The van der Waals surface area contributed by atoms with Crippen LogP contribution in [0.2, 0.25) is 10.0 Å². The lowest BCUT2D eigenvalue weighted by molar-refractivity contribution is 0.0661. The number of piperazine rings is 1. The van der Waals surface area contributed by atoms with Gasteiger partial charge in [-0.15, -0.1) is 0 Å². The lowest BCUT2D eigenvalue weighted by atomic mass is 10.2. The molecule has 0 N–H and O–H groups in total. The number of carbonyl (C=O) groups is 1. The van der Waals surface area contributed by atoms with Crippen molar-refractivity contribution >= 4 is 29.1 Å². The standard InChI is InChI=1S/C18H19Cl2N3O2/c1-21-8-10-22(11-9-21)17(24)13-4-3-7-23(18(13)25)12-14-15(19)5-2-6-16(14)20/h2-7H,8-12H2,1H3. The van der Waals surface area contributed by atoms with E-state index in [4.69, 9.17) is 23.2 Å². The Bertz CT molecular complexity index is 822. The minimum atomic E-state index is -0.331. The van der Waals surface area contributed by atoms with E-state index in [0.29, 0.717) is 28.7 Å². The number of halogens is 2. The molecule has 0 spiro atoms. The average Bonchev–Trinajstić information content (AvgIpc) is 2.60. The van der Waals surface area contributed by atoms with Gasteiger partial charge in [0, 0.05) is 48.0 Å². The van der Waals surface area contributed by atoms with Gasteiger partial charge in [-0.2, -0.15) is 0 Å². The van der Waals surface area contributed by atoms with E-state index in [9.17, 15) is 9.59 Å². The zero-order valence-electron chi connectivity index (χ0n) is 13.9. The minimum Gasteiger partial charge on any atom is -0.336 e. The Balaban J connectivity index is 1.88. The molecule has 25 heavy (non-hydrogen) atoms. The largest absolute Gasteiger partial charge is 0.336 e. The van der Waals surface area contributed by atoms with E-state index in [1.54, 1.807) is 41.4 Å². The van der Waals surface area contributed by atoms with E-state index in [1.807, 2.05) is 7.05 Å². The lowest BCUT2D eigenvalue weighted by Gasteiger charge is -2.32. The van der Waals surface area contributed by atoms with Gasteiger partial charge >= 0.3 is 0 Å². The predicted molar refractivity (Wildman–Crippen MR) is 99.7 cm³/mol. The second kappa shape index (κ2) is 7.60. The van der Waals surface area contributed by atoms with Crippen molar-refractivity contribution in [2.75, 3.05) is 33.2 Å². The molecule has 0 atom stereocenters. The summed E-state index contributed by atoms with van der Waals surface area (Å²) in [6, 6.07) is 8.49. The average molecular weight is 380 g/mol. The first-order valence-corrected chi connectivity index (χ1v) is 8.83. The number of rotatable bonds is 3. The number of likely N-dealkylation sites (N-methyl/N-ethyl adjacent to an activating group) is 1. The van der Waals surface area contributed by atoms with Crippen molar-refractivity contribution in [3.05, 3.63) is 68.1 Å². The highest BCUT2D eigenvalue weighted by atomic mass is 35.5. The smallest absolute Gasteiger partial charge is 0.263 e. The molecular weight excluding hydrogens is 361 g/mol. The molecule has 1 saturated heterocycles. The molecule has 0 bridgehead atoms. The molecule has 0 radical (unpaired) electrons. The van der Waals surface area contributed by atoms with Crippen LogP contribution in [0.5, 0.6) is 0 Å². The second-order valence-electron chi connectivity index (χ2n) is 6.15. The number of nitrogens with zero attached hydrogens (tertiary/aromatic N) is 3. The van der Waals surface area contributed by atoms with Crippen molar-refractivity contribution in [1.82, 2.24) is 14.4 Å². The molecule has 1 aromatic carbocycles. The van der Waals surface area contributed by atoms with Crippen LogP contribution in [-0.4, -0.2) is 53.5 Å². The molecule has 0 unspecified atom stereocenters. The van der Waals surface area contributed by atoms with Gasteiger partial charge in [0.1, 0.15) is 5.56 Å². The molecule has 7 heteroatoms. The van der Waals surface area contributed by atoms with E-state index in [0.717, 1.165) is 13.1 Å². The van der Waals surface area contributed by atoms with E-state index >= 15 is 0 Å². The Morgan fingerprint density at radius 2 is 1.68 bits per heavy atom. The monoisotopic (exact) mass is 379 g/mol. The van der Waals surface area contributed by atoms with Gasteiger partial charge in [-0.05, 0) is 31.3 Å². The highest BCUT2D eigenvalue weighted by Gasteiger charge is 2.23. The molecule has 1 aliphatic rings. The molecule has 3 rings (SSSR count). The summed E-state index contributed by atoms with van der Waals surface area (Å²) in [5, 5.41) is 0.991. The van der Waals surface area contributed by atoms with Gasteiger partial charge in [0.2, 0.25) is 0 Å². The van der Waals surface area contributed by atoms with Crippen molar-refractivity contribution in [3.8, 4) is 0 Å². The highest BCUT2D eigenvalue weighted by molar-refractivity contribution is 6.35. The summed E-state index contributed by atoms with van der Waals surface area (Å²) in [7, 11) is 2.02. The molecule has 2 aromatic rings. The molecule has 0 saturated carbocycles. The molecule has 0 aliphatic carbocycles. The van der Waals surface area contributed by atoms with Gasteiger partial charge in [0.25, 0.3) is 11.5 Å². The summed E-state index contributed by atoms with van der Waals surface area (Å²) in [6.07, 6.45) is 1.64. The fraction of sp³-hybridized carbons (Fsp3) is 0.333.